The number of benzene rings is 3. The lowest BCUT2D eigenvalue weighted by atomic mass is 10.0. The number of carboxylic acid groups (broad SMARTS) is 1. The number of carbonyl (C=O) groups excluding carboxylic acids is 1. The zero-order valence-corrected chi connectivity index (χ0v) is 18.0. The van der Waals surface area contributed by atoms with Crippen LogP contribution in [-0.2, 0) is 11.3 Å². The van der Waals surface area contributed by atoms with E-state index in [1.807, 2.05) is 18.2 Å². The third-order valence-electron chi connectivity index (χ3n) is 5.36. The van der Waals surface area contributed by atoms with Crippen molar-refractivity contribution in [2.75, 3.05) is 18.4 Å². The second-order valence-corrected chi connectivity index (χ2v) is 7.79. The maximum Gasteiger partial charge on any atom is 0.411 e. The van der Waals surface area contributed by atoms with Crippen LogP contribution in [0.1, 0.15) is 12.0 Å². The molecule has 0 aliphatic carbocycles. The van der Waals surface area contributed by atoms with Gasteiger partial charge in [-0.25, -0.2) is 18.4 Å². The van der Waals surface area contributed by atoms with Crippen molar-refractivity contribution in [3.8, 4) is 16.9 Å². The Kier molecular flexibility index (Phi) is 6.91. The van der Waals surface area contributed by atoms with Gasteiger partial charge in [-0.3, -0.25) is 5.32 Å². The molecule has 2 N–H and O–H groups in total. The third-order valence-corrected chi connectivity index (χ3v) is 5.36. The molecule has 1 heterocycles. The Morgan fingerprint density at radius 3 is 2.47 bits per heavy atom. The molecule has 7 nitrogen and oxygen atoms in total. The fourth-order valence-corrected chi connectivity index (χ4v) is 3.67. The first-order valence-corrected chi connectivity index (χ1v) is 10.6. The number of likely N-dealkylation sites (tertiary alicyclic amines) is 1. The molecule has 1 aliphatic rings. The van der Waals surface area contributed by atoms with Crippen molar-refractivity contribution < 1.29 is 33.0 Å². The standard InChI is InChI=1S/C25H22F2N2O5/c26-18-8-6-17(7-9-18)21-12-19(28-24(30)33-15-16-4-2-1-3-5-16)13-22(27)23(21)34-20-10-11-29(14-20)25(31)32/h1-9,12-13,20H,10-11,14-15H2,(H,28,30)(H,31,32). The Balaban J connectivity index is 1.56. The molecule has 3 aromatic rings. The van der Waals surface area contributed by atoms with E-state index in [4.69, 9.17) is 14.6 Å². The number of hydrogen-bond donors (Lipinski definition) is 2. The van der Waals surface area contributed by atoms with Gasteiger partial charge in [-0.2, -0.15) is 0 Å². The van der Waals surface area contributed by atoms with Crippen LogP contribution < -0.4 is 10.1 Å². The number of nitrogens with zero attached hydrogens (tertiary/aromatic N) is 1. The van der Waals surface area contributed by atoms with Crippen LogP contribution >= 0.6 is 0 Å². The molecule has 0 aromatic heterocycles. The van der Waals surface area contributed by atoms with Gasteiger partial charge in [-0.1, -0.05) is 42.5 Å². The van der Waals surface area contributed by atoms with Crippen molar-refractivity contribution >= 4 is 17.9 Å². The fourth-order valence-electron chi connectivity index (χ4n) is 3.67. The highest BCUT2D eigenvalue weighted by atomic mass is 19.1. The number of hydrogen-bond acceptors (Lipinski definition) is 4. The minimum absolute atomic E-state index is 0.0446. The molecule has 0 bridgehead atoms. The third kappa shape index (κ3) is 5.61. The minimum atomic E-state index is -1.07. The van der Waals surface area contributed by atoms with Gasteiger partial charge in [0.1, 0.15) is 18.5 Å². The van der Waals surface area contributed by atoms with E-state index in [0.717, 1.165) is 11.6 Å². The highest BCUT2D eigenvalue weighted by Gasteiger charge is 2.29. The monoisotopic (exact) mass is 468 g/mol. The van der Waals surface area contributed by atoms with Crippen LogP contribution in [0.3, 0.4) is 0 Å². The van der Waals surface area contributed by atoms with E-state index in [9.17, 15) is 14.0 Å². The predicted molar refractivity (Wildman–Crippen MR) is 121 cm³/mol. The number of rotatable bonds is 6. The second kappa shape index (κ2) is 10.2. The van der Waals surface area contributed by atoms with E-state index < -0.39 is 29.9 Å². The molecular weight excluding hydrogens is 446 g/mol. The van der Waals surface area contributed by atoms with Gasteiger partial charge in [0.2, 0.25) is 0 Å². The maximum absolute atomic E-state index is 15.2. The summed E-state index contributed by atoms with van der Waals surface area (Å²) >= 11 is 0. The number of ether oxygens (including phenoxy) is 2. The number of halogens is 2. The summed E-state index contributed by atoms with van der Waals surface area (Å²) in [5, 5.41) is 11.7. The van der Waals surface area contributed by atoms with Gasteiger partial charge in [-0.15, -0.1) is 0 Å². The molecule has 3 aromatic carbocycles. The van der Waals surface area contributed by atoms with Crippen LogP contribution in [0.25, 0.3) is 11.1 Å². The lowest BCUT2D eigenvalue weighted by molar-refractivity contribution is 0.145. The molecule has 34 heavy (non-hydrogen) atoms. The lowest BCUT2D eigenvalue weighted by Gasteiger charge is -2.19. The number of amides is 2. The molecule has 1 fully saturated rings. The SMILES string of the molecule is O=C(Nc1cc(F)c(OC2CCN(C(=O)O)C2)c(-c2ccc(F)cc2)c1)OCc1ccccc1. The van der Waals surface area contributed by atoms with Crippen LogP contribution in [0.15, 0.2) is 66.7 Å². The zero-order chi connectivity index (χ0) is 24.1. The minimum Gasteiger partial charge on any atom is -0.485 e. The second-order valence-electron chi connectivity index (χ2n) is 7.79. The Morgan fingerprint density at radius 2 is 1.79 bits per heavy atom. The summed E-state index contributed by atoms with van der Waals surface area (Å²) in [6.45, 7) is 0.423. The van der Waals surface area contributed by atoms with Crippen LogP contribution in [-0.4, -0.2) is 41.4 Å². The number of carbonyl (C=O) groups is 2. The van der Waals surface area contributed by atoms with Crippen LogP contribution in [0, 0.1) is 11.6 Å². The molecule has 4 rings (SSSR count). The Hall–Kier alpha value is -4.14. The normalized spacial score (nSPS) is 15.1. The van der Waals surface area contributed by atoms with E-state index in [2.05, 4.69) is 5.32 Å². The molecular formula is C25H22F2N2O5. The molecule has 1 saturated heterocycles. The molecule has 1 aliphatic heterocycles. The van der Waals surface area contributed by atoms with Gasteiger partial charge >= 0.3 is 12.2 Å². The van der Waals surface area contributed by atoms with Crippen molar-refractivity contribution in [1.82, 2.24) is 4.90 Å². The number of nitrogens with one attached hydrogen (secondary N) is 1. The average molecular weight is 468 g/mol. The van der Waals surface area contributed by atoms with E-state index in [0.29, 0.717) is 12.0 Å². The summed E-state index contributed by atoms with van der Waals surface area (Å²) in [7, 11) is 0. The Labute approximate surface area is 194 Å². The summed E-state index contributed by atoms with van der Waals surface area (Å²) in [6, 6.07) is 17.1. The topological polar surface area (TPSA) is 88.1 Å². The van der Waals surface area contributed by atoms with Gasteiger partial charge in [0.15, 0.2) is 11.6 Å². The maximum atomic E-state index is 15.2. The van der Waals surface area contributed by atoms with Gasteiger partial charge in [0, 0.05) is 30.3 Å². The first-order valence-electron chi connectivity index (χ1n) is 10.6. The molecule has 1 atom stereocenters. The molecule has 0 radical (unpaired) electrons. The highest BCUT2D eigenvalue weighted by molar-refractivity contribution is 5.87. The molecule has 2 amide bonds. The van der Waals surface area contributed by atoms with Gasteiger partial charge < -0.3 is 19.5 Å². The largest absolute Gasteiger partial charge is 0.485 e. The van der Waals surface area contributed by atoms with Crippen LogP contribution in [0.5, 0.6) is 5.75 Å². The fraction of sp³-hybridized carbons (Fsp3) is 0.200. The van der Waals surface area contributed by atoms with Gasteiger partial charge in [0.05, 0.1) is 6.54 Å². The summed E-state index contributed by atoms with van der Waals surface area (Å²) < 4.78 is 39.7. The summed E-state index contributed by atoms with van der Waals surface area (Å²) in [5.41, 5.74) is 1.67. The first kappa shape index (κ1) is 23.0. The molecule has 0 spiro atoms. The van der Waals surface area contributed by atoms with Gasteiger partial charge in [0.25, 0.3) is 0 Å². The Bertz CT molecular complexity index is 1170. The van der Waals surface area contributed by atoms with E-state index in [1.165, 1.54) is 35.2 Å². The number of anilines is 1. The van der Waals surface area contributed by atoms with Crippen molar-refractivity contribution in [1.29, 1.82) is 0 Å². The van der Waals surface area contributed by atoms with Crippen molar-refractivity contribution in [3.63, 3.8) is 0 Å². The highest BCUT2D eigenvalue weighted by Crippen LogP contribution is 2.37. The lowest BCUT2D eigenvalue weighted by Crippen LogP contribution is -2.29. The average Bonchev–Trinajstić information content (AvgIpc) is 3.30. The van der Waals surface area contributed by atoms with Crippen LogP contribution in [0.2, 0.25) is 0 Å². The van der Waals surface area contributed by atoms with E-state index >= 15 is 4.39 Å². The Morgan fingerprint density at radius 1 is 1.06 bits per heavy atom. The van der Waals surface area contributed by atoms with Crippen molar-refractivity contribution in [2.24, 2.45) is 0 Å². The summed E-state index contributed by atoms with van der Waals surface area (Å²) in [5.74, 6) is -1.32. The zero-order valence-electron chi connectivity index (χ0n) is 18.0. The summed E-state index contributed by atoms with van der Waals surface area (Å²) in [6.07, 6.45) is -1.98. The first-order chi connectivity index (χ1) is 16.4. The predicted octanol–water partition coefficient (Wildman–Crippen LogP) is 5.51. The van der Waals surface area contributed by atoms with Crippen LogP contribution in [0.4, 0.5) is 24.1 Å². The smallest absolute Gasteiger partial charge is 0.411 e. The van der Waals surface area contributed by atoms with E-state index in [-0.39, 0.29) is 36.7 Å². The molecule has 0 saturated carbocycles. The quantitative estimate of drug-likeness (QED) is 0.498. The van der Waals surface area contributed by atoms with Crippen molar-refractivity contribution in [3.05, 3.63) is 83.9 Å². The van der Waals surface area contributed by atoms with E-state index in [1.54, 1.807) is 12.1 Å². The molecule has 176 valence electrons. The molecule has 9 heteroatoms. The summed E-state index contributed by atoms with van der Waals surface area (Å²) in [4.78, 5) is 24.6. The molecule has 1 unspecified atom stereocenters. The van der Waals surface area contributed by atoms with Gasteiger partial charge in [-0.05, 0) is 29.3 Å². The van der Waals surface area contributed by atoms with Crippen molar-refractivity contribution in [2.45, 2.75) is 19.1 Å².